The summed E-state index contributed by atoms with van der Waals surface area (Å²) in [6.45, 7) is 1.98. The fourth-order valence-corrected chi connectivity index (χ4v) is 2.57. The molecule has 3 rings (SSSR count). The van der Waals surface area contributed by atoms with Gasteiger partial charge in [0, 0.05) is 6.20 Å². The summed E-state index contributed by atoms with van der Waals surface area (Å²) < 4.78 is 1.89. The Morgan fingerprint density at radius 3 is 2.65 bits per heavy atom. The molecule has 0 aliphatic carbocycles. The molecular weight excluding hydrogens is 317 g/mol. The monoisotopic (exact) mass is 325 g/mol. The number of halogens is 3. The molecule has 3 nitrogen and oxygen atoms in total. The van der Waals surface area contributed by atoms with E-state index in [1.54, 1.807) is 18.3 Å². The zero-order valence-corrected chi connectivity index (χ0v) is 12.8. The van der Waals surface area contributed by atoms with Crippen LogP contribution in [0.3, 0.4) is 0 Å². The van der Waals surface area contributed by atoms with Crippen molar-refractivity contribution in [2.24, 2.45) is 0 Å². The van der Waals surface area contributed by atoms with Crippen molar-refractivity contribution in [3.8, 4) is 5.69 Å². The summed E-state index contributed by atoms with van der Waals surface area (Å²) >= 11 is 18.0. The maximum Gasteiger partial charge on any atom is 0.164 e. The van der Waals surface area contributed by atoms with Gasteiger partial charge in [0.1, 0.15) is 11.3 Å². The van der Waals surface area contributed by atoms with E-state index in [0.717, 1.165) is 28.2 Å². The number of rotatable bonds is 2. The van der Waals surface area contributed by atoms with Crippen molar-refractivity contribution in [1.29, 1.82) is 0 Å². The van der Waals surface area contributed by atoms with Gasteiger partial charge in [-0.05, 0) is 36.8 Å². The number of imidazole rings is 1. The molecule has 3 aromatic rings. The first-order chi connectivity index (χ1) is 9.60. The topological polar surface area (TPSA) is 30.7 Å². The largest absolute Gasteiger partial charge is 0.280 e. The number of benzene rings is 1. The Kier molecular flexibility index (Phi) is 3.59. The van der Waals surface area contributed by atoms with Crippen LogP contribution in [0.2, 0.25) is 10.0 Å². The highest BCUT2D eigenvalue weighted by molar-refractivity contribution is 6.42. The van der Waals surface area contributed by atoms with Gasteiger partial charge < -0.3 is 0 Å². The van der Waals surface area contributed by atoms with E-state index >= 15 is 0 Å². The average Bonchev–Trinajstić information content (AvgIpc) is 2.79. The summed E-state index contributed by atoms with van der Waals surface area (Å²) in [5.74, 6) is 1.01. The summed E-state index contributed by atoms with van der Waals surface area (Å²) in [6, 6.07) is 7.37. The smallest absolute Gasteiger partial charge is 0.164 e. The van der Waals surface area contributed by atoms with E-state index in [4.69, 9.17) is 34.8 Å². The summed E-state index contributed by atoms with van der Waals surface area (Å²) in [4.78, 5) is 8.96. The molecule has 102 valence electrons. The van der Waals surface area contributed by atoms with E-state index in [2.05, 4.69) is 9.97 Å². The predicted molar refractivity (Wildman–Crippen MR) is 83.2 cm³/mol. The maximum atomic E-state index is 6.08. The van der Waals surface area contributed by atoms with Crippen LogP contribution in [0.15, 0.2) is 30.5 Å². The number of pyridine rings is 1. The highest BCUT2D eigenvalue weighted by Gasteiger charge is 2.14. The second kappa shape index (κ2) is 5.24. The van der Waals surface area contributed by atoms with E-state index in [-0.39, 0.29) is 5.88 Å². The highest BCUT2D eigenvalue weighted by Crippen LogP contribution is 2.28. The van der Waals surface area contributed by atoms with Crippen LogP contribution in [0.5, 0.6) is 0 Å². The van der Waals surface area contributed by atoms with Crippen molar-refractivity contribution < 1.29 is 0 Å². The third-order valence-electron chi connectivity index (χ3n) is 2.98. The molecule has 0 radical (unpaired) electrons. The van der Waals surface area contributed by atoms with Crippen molar-refractivity contribution in [3.05, 3.63) is 51.9 Å². The lowest BCUT2D eigenvalue weighted by Gasteiger charge is -2.08. The van der Waals surface area contributed by atoms with Gasteiger partial charge in [-0.1, -0.05) is 23.2 Å². The van der Waals surface area contributed by atoms with E-state index in [9.17, 15) is 0 Å². The van der Waals surface area contributed by atoms with Gasteiger partial charge in [0.25, 0.3) is 0 Å². The van der Waals surface area contributed by atoms with Crippen LogP contribution < -0.4 is 0 Å². The molecule has 0 saturated heterocycles. The maximum absolute atomic E-state index is 6.08. The average molecular weight is 327 g/mol. The van der Waals surface area contributed by atoms with E-state index in [0.29, 0.717) is 10.0 Å². The molecule has 0 saturated carbocycles. The second-order valence-corrected chi connectivity index (χ2v) is 5.53. The Labute approximate surface area is 131 Å². The lowest BCUT2D eigenvalue weighted by molar-refractivity contribution is 0.969. The fraction of sp³-hybridized carbons (Fsp3) is 0.143. The molecule has 0 bridgehead atoms. The molecule has 0 aliphatic heterocycles. The molecule has 0 atom stereocenters. The fourth-order valence-electron chi connectivity index (χ4n) is 2.10. The van der Waals surface area contributed by atoms with Gasteiger partial charge in [0.15, 0.2) is 5.65 Å². The molecule has 0 aliphatic rings. The Morgan fingerprint density at radius 1 is 1.15 bits per heavy atom. The molecule has 1 aromatic carbocycles. The molecule has 6 heteroatoms. The summed E-state index contributed by atoms with van der Waals surface area (Å²) in [7, 11) is 0. The minimum absolute atomic E-state index is 0.287. The molecule has 0 spiro atoms. The van der Waals surface area contributed by atoms with Crippen LogP contribution in [0, 0.1) is 6.92 Å². The molecule has 2 heterocycles. The second-order valence-electron chi connectivity index (χ2n) is 4.45. The lowest BCUT2D eigenvalue weighted by Crippen LogP contribution is -2.00. The van der Waals surface area contributed by atoms with Gasteiger partial charge in [0.2, 0.25) is 0 Å². The number of aromatic nitrogens is 3. The van der Waals surface area contributed by atoms with E-state index in [1.807, 2.05) is 23.6 Å². The minimum Gasteiger partial charge on any atom is -0.280 e. The first-order valence-corrected chi connectivity index (χ1v) is 7.24. The Hall–Kier alpha value is -1.29. The number of hydrogen-bond donors (Lipinski definition) is 0. The number of fused-ring (bicyclic) bond motifs is 1. The molecule has 0 N–H and O–H groups in total. The van der Waals surface area contributed by atoms with Crippen LogP contribution in [-0.4, -0.2) is 14.5 Å². The Balaban J connectivity index is 2.30. The first-order valence-electron chi connectivity index (χ1n) is 5.95. The van der Waals surface area contributed by atoms with Crippen molar-refractivity contribution in [3.63, 3.8) is 0 Å². The van der Waals surface area contributed by atoms with Crippen LogP contribution in [0.1, 0.15) is 11.4 Å². The number of alkyl halides is 1. The summed E-state index contributed by atoms with van der Waals surface area (Å²) in [6.07, 6.45) is 1.80. The zero-order chi connectivity index (χ0) is 14.3. The number of aryl methyl sites for hydroxylation is 1. The molecule has 0 unspecified atom stereocenters. The molecule has 0 amide bonds. The van der Waals surface area contributed by atoms with Gasteiger partial charge in [-0.25, -0.2) is 9.97 Å². The summed E-state index contributed by atoms with van der Waals surface area (Å²) in [5.41, 5.74) is 3.46. The van der Waals surface area contributed by atoms with Crippen LogP contribution in [0.4, 0.5) is 0 Å². The van der Waals surface area contributed by atoms with Crippen molar-refractivity contribution in [2.75, 3.05) is 0 Å². The standard InChI is InChI=1S/C14H10Cl3N3/c1-8-4-12-14(18-7-8)20(13(6-15)19-12)9-2-3-10(16)11(17)5-9/h2-5,7H,6H2,1H3. The van der Waals surface area contributed by atoms with Crippen molar-refractivity contribution >= 4 is 46.0 Å². The number of hydrogen-bond acceptors (Lipinski definition) is 2. The summed E-state index contributed by atoms with van der Waals surface area (Å²) in [5, 5.41) is 0.995. The minimum atomic E-state index is 0.287. The van der Waals surface area contributed by atoms with Crippen molar-refractivity contribution in [2.45, 2.75) is 12.8 Å². The lowest BCUT2D eigenvalue weighted by atomic mass is 10.3. The van der Waals surface area contributed by atoms with Gasteiger partial charge in [-0.2, -0.15) is 0 Å². The normalized spacial score (nSPS) is 11.2. The van der Waals surface area contributed by atoms with Gasteiger partial charge >= 0.3 is 0 Å². The Morgan fingerprint density at radius 2 is 1.95 bits per heavy atom. The third kappa shape index (κ3) is 2.26. The van der Waals surface area contributed by atoms with Crippen LogP contribution >= 0.6 is 34.8 Å². The van der Waals surface area contributed by atoms with Gasteiger partial charge in [0.05, 0.1) is 21.6 Å². The first kappa shape index (κ1) is 13.7. The van der Waals surface area contributed by atoms with Crippen LogP contribution in [-0.2, 0) is 5.88 Å². The predicted octanol–water partition coefficient (Wildman–Crippen LogP) is 4.77. The van der Waals surface area contributed by atoms with Crippen molar-refractivity contribution in [1.82, 2.24) is 14.5 Å². The van der Waals surface area contributed by atoms with E-state index in [1.165, 1.54) is 0 Å². The quantitative estimate of drug-likeness (QED) is 0.635. The highest BCUT2D eigenvalue weighted by atomic mass is 35.5. The molecular formula is C14H10Cl3N3. The van der Waals surface area contributed by atoms with Gasteiger partial charge in [-0.15, -0.1) is 11.6 Å². The van der Waals surface area contributed by atoms with E-state index < -0.39 is 0 Å². The third-order valence-corrected chi connectivity index (χ3v) is 3.96. The molecule has 0 fully saturated rings. The molecule has 2 aromatic heterocycles. The molecule has 20 heavy (non-hydrogen) atoms. The van der Waals surface area contributed by atoms with Crippen LogP contribution in [0.25, 0.3) is 16.9 Å². The SMILES string of the molecule is Cc1cnc2c(c1)nc(CCl)n2-c1ccc(Cl)c(Cl)c1. The Bertz CT molecular complexity index is 796. The van der Waals surface area contributed by atoms with Gasteiger partial charge in [-0.3, -0.25) is 4.57 Å². The number of nitrogens with zero attached hydrogens (tertiary/aromatic N) is 3. The zero-order valence-electron chi connectivity index (χ0n) is 10.6.